The van der Waals surface area contributed by atoms with Crippen molar-refractivity contribution in [2.45, 2.75) is 38.8 Å². The first-order valence-electron chi connectivity index (χ1n) is 5.60. The lowest BCUT2D eigenvalue weighted by atomic mass is 9.80. The highest BCUT2D eigenvalue weighted by atomic mass is 16.1. The molecule has 2 aliphatic heterocycles. The van der Waals surface area contributed by atoms with Gasteiger partial charge in [-0.05, 0) is 13.5 Å². The molecule has 0 spiro atoms. The van der Waals surface area contributed by atoms with Gasteiger partial charge in [0.25, 0.3) is 0 Å². The molecule has 0 N–H and O–H groups in total. The van der Waals surface area contributed by atoms with E-state index in [1.165, 1.54) is 0 Å². The smallest absolute Gasteiger partial charge is 0.142 e. The van der Waals surface area contributed by atoms with Crippen LogP contribution in [0.1, 0.15) is 26.7 Å². The topological polar surface area (TPSA) is 20.3 Å². The zero-order chi connectivity index (χ0) is 10.3. The van der Waals surface area contributed by atoms with Gasteiger partial charge >= 0.3 is 0 Å². The summed E-state index contributed by atoms with van der Waals surface area (Å²) >= 11 is 0. The van der Waals surface area contributed by atoms with Crippen LogP contribution in [0.2, 0.25) is 0 Å². The lowest BCUT2D eigenvalue weighted by Crippen LogP contribution is -2.52. The van der Waals surface area contributed by atoms with Gasteiger partial charge < -0.3 is 0 Å². The summed E-state index contributed by atoms with van der Waals surface area (Å²) in [6.07, 6.45) is 6.58. The van der Waals surface area contributed by atoms with E-state index in [1.807, 2.05) is 0 Å². The highest BCUT2D eigenvalue weighted by Crippen LogP contribution is 2.36. The molecule has 0 radical (unpaired) electrons. The van der Waals surface area contributed by atoms with Crippen molar-refractivity contribution < 1.29 is 4.79 Å². The van der Waals surface area contributed by atoms with E-state index in [9.17, 15) is 4.79 Å². The van der Waals surface area contributed by atoms with E-state index in [0.717, 1.165) is 12.8 Å². The maximum absolute atomic E-state index is 12.1. The zero-order valence-corrected chi connectivity index (χ0v) is 9.23. The third-order valence-electron chi connectivity index (χ3n) is 3.78. The Balaban J connectivity index is 2.24. The van der Waals surface area contributed by atoms with E-state index in [4.69, 9.17) is 0 Å². The Morgan fingerprint density at radius 3 is 2.64 bits per heavy atom. The second-order valence-corrected chi connectivity index (χ2v) is 4.62. The van der Waals surface area contributed by atoms with E-state index >= 15 is 0 Å². The Hall–Kier alpha value is -0.630. The number of carbonyl (C=O) groups excluding carboxylic acids is 1. The summed E-state index contributed by atoms with van der Waals surface area (Å²) in [5.74, 6) is 0.909. The van der Waals surface area contributed by atoms with Crippen LogP contribution < -0.4 is 0 Å². The molecule has 0 aromatic rings. The summed E-state index contributed by atoms with van der Waals surface area (Å²) in [5, 5.41) is 0. The van der Waals surface area contributed by atoms with E-state index < -0.39 is 0 Å². The van der Waals surface area contributed by atoms with Crippen molar-refractivity contribution in [2.75, 3.05) is 7.05 Å². The van der Waals surface area contributed by atoms with Crippen molar-refractivity contribution in [2.24, 2.45) is 11.8 Å². The van der Waals surface area contributed by atoms with E-state index in [1.54, 1.807) is 0 Å². The third kappa shape index (κ3) is 1.24. The lowest BCUT2D eigenvalue weighted by Gasteiger charge is -2.40. The van der Waals surface area contributed by atoms with Gasteiger partial charge in [-0.15, -0.1) is 0 Å². The van der Waals surface area contributed by atoms with Crippen LogP contribution in [0.4, 0.5) is 0 Å². The molecule has 0 aromatic carbocycles. The number of Topliss-reactive ketones (excluding diaryl/α,β-unsaturated/α-hetero) is 1. The van der Waals surface area contributed by atoms with E-state index in [0.29, 0.717) is 17.9 Å². The van der Waals surface area contributed by atoms with Crippen LogP contribution in [0.5, 0.6) is 0 Å². The molecule has 4 atom stereocenters. The molecule has 2 nitrogen and oxygen atoms in total. The van der Waals surface area contributed by atoms with Crippen molar-refractivity contribution in [1.29, 1.82) is 0 Å². The first-order chi connectivity index (χ1) is 6.66. The fourth-order valence-electron chi connectivity index (χ4n) is 2.93. The molecule has 0 amide bonds. The van der Waals surface area contributed by atoms with Gasteiger partial charge in [-0.25, -0.2) is 0 Å². The molecule has 0 saturated carbocycles. The molecule has 2 bridgehead atoms. The number of likely N-dealkylation sites (N-methyl/N-ethyl adjacent to an activating group) is 1. The standard InChI is InChI=1S/C12H19NO/c1-4-5-9-11-7-6-10(13(11)3)8(2)12(9)14/h6-11H,4-5H2,1-3H3/t8-,9+,10+,11-/m0/s1. The van der Waals surface area contributed by atoms with Crippen molar-refractivity contribution in [3.05, 3.63) is 12.2 Å². The number of hydrogen-bond donors (Lipinski definition) is 0. The molecule has 0 aliphatic carbocycles. The summed E-state index contributed by atoms with van der Waals surface area (Å²) in [4.78, 5) is 14.4. The molecule has 2 heteroatoms. The molecule has 1 saturated heterocycles. The van der Waals surface area contributed by atoms with Gasteiger partial charge in [0.2, 0.25) is 0 Å². The molecule has 1 fully saturated rings. The number of ketones is 1. The van der Waals surface area contributed by atoms with Crippen LogP contribution in [0.25, 0.3) is 0 Å². The number of nitrogens with zero attached hydrogens (tertiary/aromatic N) is 1. The fourth-order valence-corrected chi connectivity index (χ4v) is 2.93. The van der Waals surface area contributed by atoms with Gasteiger partial charge in [-0.3, -0.25) is 9.69 Å². The molecule has 14 heavy (non-hydrogen) atoms. The van der Waals surface area contributed by atoms with Gasteiger partial charge in [0.15, 0.2) is 0 Å². The number of piperidine rings is 1. The van der Waals surface area contributed by atoms with Crippen molar-refractivity contribution in [3.63, 3.8) is 0 Å². The Labute approximate surface area is 86.0 Å². The Bertz CT molecular complexity index is 271. The summed E-state index contributed by atoms with van der Waals surface area (Å²) in [7, 11) is 2.14. The van der Waals surface area contributed by atoms with Crippen LogP contribution in [-0.4, -0.2) is 29.8 Å². The van der Waals surface area contributed by atoms with Crippen LogP contribution >= 0.6 is 0 Å². The summed E-state index contributed by atoms with van der Waals surface area (Å²) < 4.78 is 0. The van der Waals surface area contributed by atoms with Gasteiger partial charge in [-0.1, -0.05) is 32.4 Å². The monoisotopic (exact) mass is 193 g/mol. The summed E-state index contributed by atoms with van der Waals surface area (Å²) in [6.45, 7) is 4.22. The molecule has 2 rings (SSSR count). The average Bonchev–Trinajstić information content (AvgIpc) is 2.48. The fraction of sp³-hybridized carbons (Fsp3) is 0.750. The van der Waals surface area contributed by atoms with Crippen LogP contribution in [-0.2, 0) is 4.79 Å². The predicted molar refractivity (Wildman–Crippen MR) is 57.0 cm³/mol. The van der Waals surface area contributed by atoms with Gasteiger partial charge in [0, 0.05) is 23.9 Å². The third-order valence-corrected chi connectivity index (χ3v) is 3.78. The van der Waals surface area contributed by atoms with Crippen LogP contribution in [0, 0.1) is 11.8 Å². The minimum Gasteiger partial charge on any atom is -0.299 e. The Morgan fingerprint density at radius 2 is 2.00 bits per heavy atom. The van der Waals surface area contributed by atoms with Gasteiger partial charge in [0.05, 0.1) is 0 Å². The lowest BCUT2D eigenvalue weighted by molar-refractivity contribution is -0.133. The largest absolute Gasteiger partial charge is 0.299 e. The number of rotatable bonds is 2. The molecule has 78 valence electrons. The average molecular weight is 193 g/mol. The Morgan fingerprint density at radius 1 is 1.36 bits per heavy atom. The van der Waals surface area contributed by atoms with Gasteiger partial charge in [0.1, 0.15) is 5.78 Å². The highest BCUT2D eigenvalue weighted by Gasteiger charge is 2.45. The number of hydrogen-bond acceptors (Lipinski definition) is 2. The molecule has 0 unspecified atom stereocenters. The molecular weight excluding hydrogens is 174 g/mol. The summed E-state index contributed by atoms with van der Waals surface area (Å²) in [6, 6.07) is 0.740. The maximum Gasteiger partial charge on any atom is 0.142 e. The predicted octanol–water partition coefficient (Wildman–Crippen LogP) is 1.86. The molecule has 2 aliphatic rings. The number of fused-ring (bicyclic) bond motifs is 2. The zero-order valence-electron chi connectivity index (χ0n) is 9.23. The first-order valence-corrected chi connectivity index (χ1v) is 5.60. The second-order valence-electron chi connectivity index (χ2n) is 4.62. The second kappa shape index (κ2) is 3.50. The molecular formula is C12H19NO. The van der Waals surface area contributed by atoms with Crippen LogP contribution in [0.3, 0.4) is 0 Å². The van der Waals surface area contributed by atoms with Gasteiger partial charge in [-0.2, -0.15) is 0 Å². The van der Waals surface area contributed by atoms with E-state index in [-0.39, 0.29) is 11.8 Å². The van der Waals surface area contributed by atoms with Crippen molar-refractivity contribution in [3.8, 4) is 0 Å². The normalized spacial score (nSPS) is 42.1. The summed E-state index contributed by atoms with van der Waals surface area (Å²) in [5.41, 5.74) is 0. The minimum absolute atomic E-state index is 0.187. The van der Waals surface area contributed by atoms with Crippen molar-refractivity contribution >= 4 is 5.78 Å². The minimum atomic E-state index is 0.187. The SMILES string of the molecule is CCC[C@H]1C(=O)[C@@H](C)[C@H]2C=C[C@@H]1N2C. The Kier molecular flexibility index (Phi) is 2.48. The quantitative estimate of drug-likeness (QED) is 0.624. The molecule has 2 heterocycles. The first kappa shape index (κ1) is 9.91. The van der Waals surface area contributed by atoms with E-state index in [2.05, 4.69) is 37.9 Å². The molecule has 0 aromatic heterocycles. The number of carbonyl (C=O) groups is 1. The van der Waals surface area contributed by atoms with Crippen molar-refractivity contribution in [1.82, 2.24) is 4.90 Å². The highest BCUT2D eigenvalue weighted by molar-refractivity contribution is 5.86. The maximum atomic E-state index is 12.1. The van der Waals surface area contributed by atoms with Crippen LogP contribution in [0.15, 0.2) is 12.2 Å².